The van der Waals surface area contributed by atoms with Gasteiger partial charge in [-0.05, 0) is 77.4 Å². The number of amides is 1. The van der Waals surface area contributed by atoms with E-state index in [2.05, 4.69) is 49.2 Å². The van der Waals surface area contributed by atoms with Gasteiger partial charge in [0.2, 0.25) is 5.91 Å². The molecule has 5 heteroatoms. The zero-order valence-corrected chi connectivity index (χ0v) is 22.1. The van der Waals surface area contributed by atoms with Gasteiger partial charge in [-0.3, -0.25) is 4.79 Å². The van der Waals surface area contributed by atoms with Gasteiger partial charge in [0.25, 0.3) is 0 Å². The molecule has 1 heterocycles. The first-order valence-corrected chi connectivity index (χ1v) is 12.8. The first-order valence-electron chi connectivity index (χ1n) is 12.8. The van der Waals surface area contributed by atoms with Gasteiger partial charge in [0, 0.05) is 34.2 Å². The van der Waals surface area contributed by atoms with E-state index in [-0.39, 0.29) is 11.9 Å². The van der Waals surface area contributed by atoms with Crippen molar-refractivity contribution in [2.24, 2.45) is 0 Å². The minimum Gasteiger partial charge on any atom is -0.493 e. The number of nitrogens with one attached hydrogen (secondary N) is 1. The Balaban J connectivity index is 1.85. The molecule has 0 radical (unpaired) electrons. The molecular formula is C30H40N2O3. The molecule has 0 aliphatic heterocycles. The van der Waals surface area contributed by atoms with Gasteiger partial charge in [-0.25, -0.2) is 0 Å². The fraction of sp³-hybridized carbons (Fsp3) is 0.433. The van der Waals surface area contributed by atoms with Crippen molar-refractivity contribution in [3.8, 4) is 16.9 Å². The summed E-state index contributed by atoms with van der Waals surface area (Å²) >= 11 is 0. The van der Waals surface area contributed by atoms with Crippen LogP contribution in [0, 0.1) is 6.92 Å². The zero-order valence-electron chi connectivity index (χ0n) is 22.1. The van der Waals surface area contributed by atoms with Crippen molar-refractivity contribution < 1.29 is 13.9 Å². The minimum atomic E-state index is -0.0754. The van der Waals surface area contributed by atoms with E-state index in [4.69, 9.17) is 9.15 Å². The second-order valence-electron chi connectivity index (χ2n) is 9.11. The molecule has 0 bridgehead atoms. The minimum absolute atomic E-state index is 0.0754. The molecule has 0 aliphatic rings. The van der Waals surface area contributed by atoms with E-state index in [1.54, 1.807) is 12.3 Å². The molecule has 0 aliphatic carbocycles. The highest BCUT2D eigenvalue weighted by atomic mass is 16.5. The SMILES string of the molecule is CCOc1c(/C(C)=C/C(=O)NC(C)CCCN(CC)CC)cc2c(-c3ccccc3)coc2c1C. The van der Waals surface area contributed by atoms with Gasteiger partial charge in [-0.2, -0.15) is 0 Å². The number of allylic oxidation sites excluding steroid dienone is 1. The molecule has 3 rings (SSSR count). The number of hydrogen-bond acceptors (Lipinski definition) is 4. The second-order valence-corrected chi connectivity index (χ2v) is 9.11. The summed E-state index contributed by atoms with van der Waals surface area (Å²) in [7, 11) is 0. The highest BCUT2D eigenvalue weighted by molar-refractivity contribution is 6.01. The summed E-state index contributed by atoms with van der Waals surface area (Å²) < 4.78 is 12.0. The van der Waals surface area contributed by atoms with Crippen molar-refractivity contribution in [1.82, 2.24) is 10.2 Å². The Morgan fingerprint density at radius 2 is 1.89 bits per heavy atom. The van der Waals surface area contributed by atoms with Crippen LogP contribution >= 0.6 is 0 Å². The van der Waals surface area contributed by atoms with Crippen LogP contribution in [0.5, 0.6) is 5.75 Å². The van der Waals surface area contributed by atoms with E-state index in [1.165, 1.54) is 0 Å². The predicted molar refractivity (Wildman–Crippen MR) is 146 cm³/mol. The van der Waals surface area contributed by atoms with Crippen LogP contribution in [0.2, 0.25) is 0 Å². The molecule has 1 aromatic heterocycles. The number of nitrogens with zero attached hydrogens (tertiary/aromatic N) is 1. The maximum Gasteiger partial charge on any atom is 0.244 e. The largest absolute Gasteiger partial charge is 0.493 e. The van der Waals surface area contributed by atoms with Crippen molar-refractivity contribution in [2.75, 3.05) is 26.2 Å². The molecule has 1 atom stereocenters. The molecule has 3 aromatic rings. The summed E-state index contributed by atoms with van der Waals surface area (Å²) in [5, 5.41) is 4.15. The van der Waals surface area contributed by atoms with Crippen LogP contribution in [0.3, 0.4) is 0 Å². The zero-order chi connectivity index (χ0) is 25.4. The summed E-state index contributed by atoms with van der Waals surface area (Å²) in [5.74, 6) is 0.691. The van der Waals surface area contributed by atoms with E-state index < -0.39 is 0 Å². The van der Waals surface area contributed by atoms with Crippen molar-refractivity contribution in [3.05, 3.63) is 59.9 Å². The Bertz CT molecular complexity index is 1140. The maximum absolute atomic E-state index is 12.8. The number of furan rings is 1. The monoisotopic (exact) mass is 476 g/mol. The van der Waals surface area contributed by atoms with Gasteiger partial charge < -0.3 is 19.4 Å². The molecule has 35 heavy (non-hydrogen) atoms. The van der Waals surface area contributed by atoms with Crippen LogP contribution in [-0.4, -0.2) is 43.1 Å². The van der Waals surface area contributed by atoms with E-state index in [0.29, 0.717) is 6.61 Å². The first kappa shape index (κ1) is 26.6. The smallest absolute Gasteiger partial charge is 0.244 e. The standard InChI is InChI=1S/C30H40N2O3/c1-7-32(8-2)17-13-14-22(5)31-28(33)18-21(4)25-19-26-27(24-15-11-10-12-16-24)20-35-30(26)23(6)29(25)34-9-3/h10-12,15-16,18-20,22H,7-9,13-14,17H2,1-6H3,(H,31,33)/b21-18+. The van der Waals surface area contributed by atoms with Crippen LogP contribution in [0.4, 0.5) is 0 Å². The normalized spacial score (nSPS) is 12.8. The molecule has 5 nitrogen and oxygen atoms in total. The molecule has 1 unspecified atom stereocenters. The number of carbonyl (C=O) groups excluding carboxylic acids is 1. The van der Waals surface area contributed by atoms with Crippen molar-refractivity contribution in [1.29, 1.82) is 0 Å². The number of aryl methyl sites for hydroxylation is 1. The number of hydrogen-bond donors (Lipinski definition) is 1. The fourth-order valence-electron chi connectivity index (χ4n) is 4.57. The lowest BCUT2D eigenvalue weighted by atomic mass is 9.96. The summed E-state index contributed by atoms with van der Waals surface area (Å²) in [6.45, 7) is 16.1. The lowest BCUT2D eigenvalue weighted by molar-refractivity contribution is -0.117. The Labute approximate surface area is 210 Å². The molecular weight excluding hydrogens is 436 g/mol. The Kier molecular flexibility index (Phi) is 9.55. The van der Waals surface area contributed by atoms with Crippen molar-refractivity contribution in [3.63, 3.8) is 0 Å². The maximum atomic E-state index is 12.8. The van der Waals surface area contributed by atoms with E-state index in [0.717, 1.165) is 77.0 Å². The molecule has 1 amide bonds. The van der Waals surface area contributed by atoms with Crippen LogP contribution in [0.15, 0.2) is 53.2 Å². The molecule has 2 aromatic carbocycles. The van der Waals surface area contributed by atoms with Crippen LogP contribution in [0.25, 0.3) is 27.7 Å². The predicted octanol–water partition coefficient (Wildman–Crippen LogP) is 6.84. The van der Waals surface area contributed by atoms with Gasteiger partial charge in [0.15, 0.2) is 0 Å². The third-order valence-electron chi connectivity index (χ3n) is 6.58. The molecule has 0 fully saturated rings. The van der Waals surface area contributed by atoms with E-state index >= 15 is 0 Å². The van der Waals surface area contributed by atoms with Crippen LogP contribution < -0.4 is 10.1 Å². The third kappa shape index (κ3) is 6.55. The third-order valence-corrected chi connectivity index (χ3v) is 6.58. The average molecular weight is 477 g/mol. The van der Waals surface area contributed by atoms with Gasteiger partial charge in [-0.15, -0.1) is 0 Å². The van der Waals surface area contributed by atoms with Crippen molar-refractivity contribution in [2.45, 2.75) is 60.4 Å². The molecule has 0 saturated carbocycles. The summed E-state index contributed by atoms with van der Waals surface area (Å²) in [4.78, 5) is 15.3. The van der Waals surface area contributed by atoms with E-state index in [9.17, 15) is 4.79 Å². The van der Waals surface area contributed by atoms with Crippen LogP contribution in [-0.2, 0) is 4.79 Å². The highest BCUT2D eigenvalue weighted by Crippen LogP contribution is 2.40. The molecule has 0 spiro atoms. The molecule has 0 saturated heterocycles. The van der Waals surface area contributed by atoms with Gasteiger partial charge in [0.1, 0.15) is 11.3 Å². The number of rotatable bonds is 12. The number of carbonyl (C=O) groups is 1. The Morgan fingerprint density at radius 1 is 1.17 bits per heavy atom. The highest BCUT2D eigenvalue weighted by Gasteiger charge is 2.19. The summed E-state index contributed by atoms with van der Waals surface area (Å²) in [6, 6.07) is 12.4. The quantitative estimate of drug-likeness (QED) is 0.291. The molecule has 1 N–H and O–H groups in total. The van der Waals surface area contributed by atoms with Gasteiger partial charge in [0.05, 0.1) is 12.9 Å². The summed E-state index contributed by atoms with van der Waals surface area (Å²) in [6.07, 6.45) is 5.52. The first-order chi connectivity index (χ1) is 16.9. The number of fused-ring (bicyclic) bond motifs is 1. The van der Waals surface area contributed by atoms with E-state index in [1.807, 2.05) is 39.0 Å². The second kappa shape index (κ2) is 12.6. The summed E-state index contributed by atoms with van der Waals surface area (Å²) in [5.41, 5.74) is 5.67. The van der Waals surface area contributed by atoms with Crippen molar-refractivity contribution >= 4 is 22.4 Å². The van der Waals surface area contributed by atoms with Crippen LogP contribution in [0.1, 0.15) is 58.6 Å². The Hall–Kier alpha value is -3.05. The fourth-order valence-corrected chi connectivity index (χ4v) is 4.57. The number of ether oxygens (including phenoxy) is 1. The lowest BCUT2D eigenvalue weighted by Crippen LogP contribution is -2.32. The number of benzene rings is 2. The Morgan fingerprint density at radius 3 is 2.54 bits per heavy atom. The topological polar surface area (TPSA) is 54.7 Å². The van der Waals surface area contributed by atoms with Gasteiger partial charge >= 0.3 is 0 Å². The average Bonchev–Trinajstić information content (AvgIpc) is 3.28. The molecule has 188 valence electrons. The lowest BCUT2D eigenvalue weighted by Gasteiger charge is -2.19. The van der Waals surface area contributed by atoms with Gasteiger partial charge in [-0.1, -0.05) is 44.2 Å².